The third kappa shape index (κ3) is 5.98. The zero-order valence-corrected chi connectivity index (χ0v) is 12.1. The Balaban J connectivity index is 2.38. The van der Waals surface area contributed by atoms with Crippen LogP contribution in [0.1, 0.15) is 19.0 Å². The van der Waals surface area contributed by atoms with Crippen molar-refractivity contribution in [2.24, 2.45) is 0 Å². The zero-order valence-electron chi connectivity index (χ0n) is 12.1. The van der Waals surface area contributed by atoms with Crippen LogP contribution in [0.5, 0.6) is 0 Å². The summed E-state index contributed by atoms with van der Waals surface area (Å²) in [7, 11) is 6.38. The lowest BCUT2D eigenvalue weighted by Gasteiger charge is -2.18. The minimum absolute atomic E-state index is 0.909. The number of pyridine rings is 1. The summed E-state index contributed by atoms with van der Waals surface area (Å²) in [5, 5.41) is 3.31. The van der Waals surface area contributed by atoms with Gasteiger partial charge in [-0.3, -0.25) is 4.98 Å². The first kappa shape index (κ1) is 14.9. The Morgan fingerprint density at radius 3 is 2.67 bits per heavy atom. The number of nitrogens with zero attached hydrogens (tertiary/aromatic N) is 3. The first-order chi connectivity index (χ1) is 8.61. The number of hydrogen-bond acceptors (Lipinski definition) is 4. The van der Waals surface area contributed by atoms with Gasteiger partial charge < -0.3 is 15.1 Å². The molecule has 1 rings (SSSR count). The van der Waals surface area contributed by atoms with Crippen LogP contribution in [0.4, 0.5) is 5.69 Å². The maximum Gasteiger partial charge on any atom is 0.0564 e. The van der Waals surface area contributed by atoms with Gasteiger partial charge in [0.1, 0.15) is 0 Å². The SMILES string of the molecule is CCNc1ccnc(CN(C)CCCN(C)C)c1. The van der Waals surface area contributed by atoms with E-state index in [1.165, 1.54) is 6.42 Å². The molecule has 0 radical (unpaired) electrons. The summed E-state index contributed by atoms with van der Waals surface area (Å²) in [4.78, 5) is 8.95. The summed E-state index contributed by atoms with van der Waals surface area (Å²) in [5.41, 5.74) is 2.28. The second-order valence-corrected chi connectivity index (χ2v) is 4.96. The van der Waals surface area contributed by atoms with Gasteiger partial charge in [0.2, 0.25) is 0 Å². The van der Waals surface area contributed by atoms with Gasteiger partial charge in [-0.15, -0.1) is 0 Å². The molecule has 102 valence electrons. The standard InChI is InChI=1S/C14H26N4/c1-5-15-13-7-8-16-14(11-13)12-18(4)10-6-9-17(2)3/h7-8,11H,5-6,9-10,12H2,1-4H3,(H,15,16). The molecule has 0 spiro atoms. The van der Waals surface area contributed by atoms with Gasteiger partial charge in [0.25, 0.3) is 0 Å². The maximum atomic E-state index is 4.41. The zero-order chi connectivity index (χ0) is 13.4. The molecule has 0 atom stereocenters. The Hall–Kier alpha value is -1.13. The lowest BCUT2D eigenvalue weighted by atomic mass is 10.3. The minimum atomic E-state index is 0.909. The molecular weight excluding hydrogens is 224 g/mol. The summed E-state index contributed by atoms with van der Waals surface area (Å²) in [6, 6.07) is 4.14. The molecular formula is C14H26N4. The molecule has 0 aliphatic carbocycles. The highest BCUT2D eigenvalue weighted by Gasteiger charge is 2.02. The van der Waals surface area contributed by atoms with Crippen LogP contribution in [0, 0.1) is 0 Å². The number of anilines is 1. The smallest absolute Gasteiger partial charge is 0.0564 e. The molecule has 1 aromatic heterocycles. The molecule has 0 amide bonds. The number of hydrogen-bond donors (Lipinski definition) is 1. The van der Waals surface area contributed by atoms with Crippen molar-refractivity contribution in [1.82, 2.24) is 14.8 Å². The number of aromatic nitrogens is 1. The fraction of sp³-hybridized carbons (Fsp3) is 0.643. The van der Waals surface area contributed by atoms with E-state index in [0.717, 1.165) is 37.6 Å². The van der Waals surface area contributed by atoms with E-state index >= 15 is 0 Å². The minimum Gasteiger partial charge on any atom is -0.385 e. The van der Waals surface area contributed by atoms with Crippen molar-refractivity contribution in [3.63, 3.8) is 0 Å². The van der Waals surface area contributed by atoms with Gasteiger partial charge in [-0.25, -0.2) is 0 Å². The van der Waals surface area contributed by atoms with Crippen LogP contribution in [0.2, 0.25) is 0 Å². The lowest BCUT2D eigenvalue weighted by Crippen LogP contribution is -2.23. The normalized spacial score (nSPS) is 11.2. The molecule has 0 aromatic carbocycles. The van der Waals surface area contributed by atoms with Crippen molar-refractivity contribution in [2.75, 3.05) is 46.1 Å². The fourth-order valence-electron chi connectivity index (χ4n) is 1.89. The van der Waals surface area contributed by atoms with E-state index in [2.05, 4.69) is 54.2 Å². The third-order valence-corrected chi connectivity index (χ3v) is 2.77. The maximum absolute atomic E-state index is 4.41. The van der Waals surface area contributed by atoms with Gasteiger partial charge in [0, 0.05) is 25.0 Å². The molecule has 1 heterocycles. The largest absolute Gasteiger partial charge is 0.385 e. The van der Waals surface area contributed by atoms with E-state index in [1.54, 1.807) is 0 Å². The summed E-state index contributed by atoms with van der Waals surface area (Å²) >= 11 is 0. The van der Waals surface area contributed by atoms with Crippen LogP contribution in [-0.4, -0.2) is 55.6 Å². The molecule has 18 heavy (non-hydrogen) atoms. The molecule has 4 heteroatoms. The third-order valence-electron chi connectivity index (χ3n) is 2.77. The summed E-state index contributed by atoms with van der Waals surface area (Å²) in [5.74, 6) is 0. The van der Waals surface area contributed by atoms with E-state index in [9.17, 15) is 0 Å². The second-order valence-electron chi connectivity index (χ2n) is 4.96. The van der Waals surface area contributed by atoms with E-state index in [-0.39, 0.29) is 0 Å². The van der Waals surface area contributed by atoms with Crippen molar-refractivity contribution in [1.29, 1.82) is 0 Å². The number of rotatable bonds is 8. The summed E-state index contributed by atoms with van der Waals surface area (Å²) < 4.78 is 0. The predicted molar refractivity (Wildman–Crippen MR) is 77.9 cm³/mol. The van der Waals surface area contributed by atoms with Gasteiger partial charge in [-0.05, 0) is 59.7 Å². The first-order valence-electron chi connectivity index (χ1n) is 6.64. The number of nitrogens with one attached hydrogen (secondary N) is 1. The van der Waals surface area contributed by atoms with E-state index in [4.69, 9.17) is 0 Å². The van der Waals surface area contributed by atoms with Gasteiger partial charge in [-0.2, -0.15) is 0 Å². The molecule has 0 bridgehead atoms. The van der Waals surface area contributed by atoms with Gasteiger partial charge >= 0.3 is 0 Å². The van der Waals surface area contributed by atoms with Gasteiger partial charge in [0.15, 0.2) is 0 Å². The highest BCUT2D eigenvalue weighted by atomic mass is 15.1. The van der Waals surface area contributed by atoms with Crippen molar-refractivity contribution in [3.05, 3.63) is 24.0 Å². The Kier molecular flexibility index (Phi) is 6.68. The second kappa shape index (κ2) is 8.06. The monoisotopic (exact) mass is 250 g/mol. The molecule has 0 fully saturated rings. The van der Waals surface area contributed by atoms with Crippen LogP contribution in [0.15, 0.2) is 18.3 Å². The molecule has 0 aliphatic heterocycles. The molecule has 0 saturated heterocycles. The van der Waals surface area contributed by atoms with Gasteiger partial charge in [-0.1, -0.05) is 0 Å². The molecule has 0 unspecified atom stereocenters. The average molecular weight is 250 g/mol. The van der Waals surface area contributed by atoms with Crippen LogP contribution in [0.25, 0.3) is 0 Å². The summed E-state index contributed by atoms with van der Waals surface area (Å²) in [6.07, 6.45) is 3.07. The Morgan fingerprint density at radius 1 is 1.22 bits per heavy atom. The Bertz CT molecular complexity index is 338. The first-order valence-corrected chi connectivity index (χ1v) is 6.64. The van der Waals surface area contributed by atoms with Crippen molar-refractivity contribution >= 4 is 5.69 Å². The van der Waals surface area contributed by atoms with Crippen LogP contribution in [0.3, 0.4) is 0 Å². The van der Waals surface area contributed by atoms with Crippen LogP contribution < -0.4 is 5.32 Å². The fourth-order valence-corrected chi connectivity index (χ4v) is 1.89. The van der Waals surface area contributed by atoms with E-state index in [1.807, 2.05) is 12.3 Å². The Morgan fingerprint density at radius 2 is 2.00 bits per heavy atom. The van der Waals surface area contributed by atoms with Crippen molar-refractivity contribution in [3.8, 4) is 0 Å². The lowest BCUT2D eigenvalue weighted by molar-refractivity contribution is 0.292. The predicted octanol–water partition coefficient (Wildman–Crippen LogP) is 1.90. The molecule has 4 nitrogen and oxygen atoms in total. The Labute approximate surface area is 111 Å². The van der Waals surface area contributed by atoms with Crippen LogP contribution in [-0.2, 0) is 6.54 Å². The average Bonchev–Trinajstić information content (AvgIpc) is 2.29. The van der Waals surface area contributed by atoms with E-state index < -0.39 is 0 Å². The van der Waals surface area contributed by atoms with Crippen molar-refractivity contribution < 1.29 is 0 Å². The van der Waals surface area contributed by atoms with Crippen LogP contribution >= 0.6 is 0 Å². The molecule has 1 N–H and O–H groups in total. The topological polar surface area (TPSA) is 31.4 Å². The summed E-state index contributed by atoms with van der Waals surface area (Å²) in [6.45, 7) is 6.20. The molecule has 1 aromatic rings. The highest BCUT2D eigenvalue weighted by molar-refractivity contribution is 5.42. The van der Waals surface area contributed by atoms with E-state index in [0.29, 0.717) is 0 Å². The van der Waals surface area contributed by atoms with Gasteiger partial charge in [0.05, 0.1) is 5.69 Å². The van der Waals surface area contributed by atoms with Crippen molar-refractivity contribution in [2.45, 2.75) is 19.9 Å². The molecule has 0 aliphatic rings. The highest BCUT2D eigenvalue weighted by Crippen LogP contribution is 2.09. The quantitative estimate of drug-likeness (QED) is 0.763. The molecule has 0 saturated carbocycles.